The molecular formula is C22H18N4O3. The van der Waals surface area contributed by atoms with Crippen molar-refractivity contribution >= 4 is 23.9 Å². The first-order chi connectivity index (χ1) is 14.1. The van der Waals surface area contributed by atoms with Gasteiger partial charge in [-0.2, -0.15) is 5.10 Å². The van der Waals surface area contributed by atoms with E-state index in [1.807, 2.05) is 60.7 Å². The fraction of sp³-hybridized carbons (Fsp3) is 0.0909. The summed E-state index contributed by atoms with van der Waals surface area (Å²) in [4.78, 5) is 38.2. The summed E-state index contributed by atoms with van der Waals surface area (Å²) in [5.74, 6) is -1.31. The summed E-state index contributed by atoms with van der Waals surface area (Å²) in [6.07, 6.45) is 5.23. The van der Waals surface area contributed by atoms with Crippen LogP contribution in [0.25, 0.3) is 11.8 Å². The van der Waals surface area contributed by atoms with Crippen LogP contribution in [-0.4, -0.2) is 39.1 Å². The van der Waals surface area contributed by atoms with E-state index in [0.717, 1.165) is 16.2 Å². The highest BCUT2D eigenvalue weighted by atomic mass is 16.2. The SMILES string of the molecule is O=C1NC(=O)N(CCc2ccccc2)C(=O)C1=Cc1cnn(-c2ccccc2)c1. The second-order valence-electron chi connectivity index (χ2n) is 6.56. The molecule has 0 unspecified atom stereocenters. The molecule has 1 fully saturated rings. The molecule has 1 N–H and O–H groups in total. The van der Waals surface area contributed by atoms with Crippen LogP contribution >= 0.6 is 0 Å². The molecule has 0 bridgehead atoms. The van der Waals surface area contributed by atoms with E-state index in [2.05, 4.69) is 10.4 Å². The van der Waals surface area contributed by atoms with Crippen LogP contribution in [0, 0.1) is 0 Å². The quantitative estimate of drug-likeness (QED) is 0.540. The molecule has 1 aliphatic rings. The van der Waals surface area contributed by atoms with Gasteiger partial charge >= 0.3 is 6.03 Å². The average molecular weight is 386 g/mol. The van der Waals surface area contributed by atoms with Crippen LogP contribution in [0.15, 0.2) is 78.6 Å². The molecule has 29 heavy (non-hydrogen) atoms. The van der Waals surface area contributed by atoms with Crippen LogP contribution < -0.4 is 5.32 Å². The summed E-state index contributed by atoms with van der Waals surface area (Å²) in [6.45, 7) is 0.183. The van der Waals surface area contributed by atoms with Gasteiger partial charge in [0.1, 0.15) is 5.57 Å². The number of hydrogen-bond donors (Lipinski definition) is 1. The Morgan fingerprint density at radius 2 is 1.62 bits per heavy atom. The lowest BCUT2D eigenvalue weighted by Gasteiger charge is -2.26. The van der Waals surface area contributed by atoms with Crippen LogP contribution in [0.3, 0.4) is 0 Å². The maximum Gasteiger partial charge on any atom is 0.331 e. The number of amides is 4. The molecule has 3 aromatic rings. The van der Waals surface area contributed by atoms with Gasteiger partial charge in [-0.3, -0.25) is 19.8 Å². The maximum absolute atomic E-state index is 12.8. The molecule has 144 valence electrons. The second-order valence-corrected chi connectivity index (χ2v) is 6.56. The molecule has 7 heteroatoms. The standard InChI is InChI=1S/C22H18N4O3/c27-20-19(13-17-14-23-26(15-17)18-9-5-2-6-10-18)21(28)25(22(29)24-20)12-11-16-7-3-1-4-8-16/h1-10,13-15H,11-12H2,(H,24,27,29). The minimum Gasteiger partial charge on any atom is -0.273 e. The van der Waals surface area contributed by atoms with Gasteiger partial charge in [0.05, 0.1) is 11.9 Å². The fourth-order valence-electron chi connectivity index (χ4n) is 3.08. The van der Waals surface area contributed by atoms with Crippen LogP contribution in [-0.2, 0) is 16.0 Å². The number of carbonyl (C=O) groups excluding carboxylic acids is 3. The number of benzene rings is 2. The minimum atomic E-state index is -0.705. The third-order valence-electron chi connectivity index (χ3n) is 4.59. The normalized spacial score (nSPS) is 15.7. The maximum atomic E-state index is 12.8. The Hall–Kier alpha value is -4.00. The van der Waals surface area contributed by atoms with Crippen LogP contribution in [0.1, 0.15) is 11.1 Å². The van der Waals surface area contributed by atoms with E-state index in [-0.39, 0.29) is 12.1 Å². The van der Waals surface area contributed by atoms with Gasteiger partial charge in [0, 0.05) is 18.3 Å². The summed E-state index contributed by atoms with van der Waals surface area (Å²) in [6, 6.07) is 18.3. The lowest BCUT2D eigenvalue weighted by Crippen LogP contribution is -2.54. The van der Waals surface area contributed by atoms with Crippen molar-refractivity contribution in [1.82, 2.24) is 20.0 Å². The highest BCUT2D eigenvalue weighted by Gasteiger charge is 2.35. The first-order valence-corrected chi connectivity index (χ1v) is 9.15. The van der Waals surface area contributed by atoms with Crippen molar-refractivity contribution in [1.29, 1.82) is 0 Å². The molecule has 1 aromatic heterocycles. The Morgan fingerprint density at radius 1 is 0.931 bits per heavy atom. The van der Waals surface area contributed by atoms with Crippen molar-refractivity contribution < 1.29 is 14.4 Å². The number of carbonyl (C=O) groups is 3. The average Bonchev–Trinajstić information content (AvgIpc) is 3.21. The van der Waals surface area contributed by atoms with Gasteiger partial charge in [0.2, 0.25) is 0 Å². The second kappa shape index (κ2) is 7.93. The topological polar surface area (TPSA) is 84.3 Å². The third kappa shape index (κ3) is 3.98. The van der Waals surface area contributed by atoms with E-state index in [0.29, 0.717) is 12.0 Å². The predicted molar refractivity (Wildman–Crippen MR) is 107 cm³/mol. The Morgan fingerprint density at radius 3 is 2.34 bits per heavy atom. The summed E-state index contributed by atoms with van der Waals surface area (Å²) >= 11 is 0. The molecular weight excluding hydrogens is 368 g/mol. The summed E-state index contributed by atoms with van der Waals surface area (Å²) in [5, 5.41) is 6.50. The van der Waals surface area contributed by atoms with Crippen LogP contribution in [0.4, 0.5) is 4.79 Å². The lowest BCUT2D eigenvalue weighted by molar-refractivity contribution is -0.130. The molecule has 4 rings (SSSR count). The van der Waals surface area contributed by atoms with Gasteiger partial charge in [0.25, 0.3) is 11.8 Å². The predicted octanol–water partition coefficient (Wildman–Crippen LogP) is 2.58. The van der Waals surface area contributed by atoms with Crippen LogP contribution in [0.2, 0.25) is 0 Å². The zero-order chi connectivity index (χ0) is 20.2. The van der Waals surface area contributed by atoms with Gasteiger partial charge in [-0.05, 0) is 30.2 Å². The first kappa shape index (κ1) is 18.4. The van der Waals surface area contributed by atoms with Crippen molar-refractivity contribution in [3.63, 3.8) is 0 Å². The zero-order valence-electron chi connectivity index (χ0n) is 15.5. The van der Waals surface area contributed by atoms with Crippen molar-refractivity contribution in [2.24, 2.45) is 0 Å². The van der Waals surface area contributed by atoms with E-state index in [1.54, 1.807) is 17.1 Å². The molecule has 0 radical (unpaired) electrons. The highest BCUT2D eigenvalue weighted by Crippen LogP contribution is 2.16. The Bertz CT molecular complexity index is 1090. The van der Waals surface area contributed by atoms with Crippen molar-refractivity contribution in [2.45, 2.75) is 6.42 Å². The smallest absolute Gasteiger partial charge is 0.273 e. The molecule has 0 saturated carbocycles. The Kier molecular flexibility index (Phi) is 5.03. The number of nitrogens with one attached hydrogen (secondary N) is 1. The third-order valence-corrected chi connectivity index (χ3v) is 4.59. The molecule has 7 nitrogen and oxygen atoms in total. The van der Waals surface area contributed by atoms with E-state index < -0.39 is 17.8 Å². The number of imide groups is 2. The molecule has 2 aromatic carbocycles. The Balaban J connectivity index is 1.54. The summed E-state index contributed by atoms with van der Waals surface area (Å²) in [7, 11) is 0. The number of nitrogens with zero attached hydrogens (tertiary/aromatic N) is 3. The van der Waals surface area contributed by atoms with Crippen molar-refractivity contribution in [3.8, 4) is 5.69 Å². The minimum absolute atomic E-state index is 0.0923. The lowest BCUT2D eigenvalue weighted by atomic mass is 10.1. The summed E-state index contributed by atoms with van der Waals surface area (Å²) in [5.41, 5.74) is 2.35. The molecule has 1 saturated heterocycles. The zero-order valence-corrected chi connectivity index (χ0v) is 15.5. The highest BCUT2D eigenvalue weighted by molar-refractivity contribution is 6.31. The summed E-state index contributed by atoms with van der Waals surface area (Å²) < 4.78 is 1.65. The number of urea groups is 1. The molecule has 0 atom stereocenters. The number of hydrogen-bond acceptors (Lipinski definition) is 4. The molecule has 4 amide bonds. The first-order valence-electron chi connectivity index (χ1n) is 9.15. The number of aromatic nitrogens is 2. The van der Waals surface area contributed by atoms with Crippen molar-refractivity contribution in [2.75, 3.05) is 6.54 Å². The van der Waals surface area contributed by atoms with Gasteiger partial charge in [-0.15, -0.1) is 0 Å². The molecule has 2 heterocycles. The molecule has 1 aliphatic heterocycles. The fourth-order valence-corrected chi connectivity index (χ4v) is 3.08. The van der Waals surface area contributed by atoms with E-state index >= 15 is 0 Å². The monoisotopic (exact) mass is 386 g/mol. The van der Waals surface area contributed by atoms with Gasteiger partial charge in [-0.25, -0.2) is 9.48 Å². The van der Waals surface area contributed by atoms with Gasteiger partial charge in [0.15, 0.2) is 0 Å². The van der Waals surface area contributed by atoms with E-state index in [1.165, 1.54) is 6.08 Å². The number of barbiturate groups is 1. The van der Waals surface area contributed by atoms with Gasteiger partial charge in [-0.1, -0.05) is 48.5 Å². The molecule has 0 aliphatic carbocycles. The van der Waals surface area contributed by atoms with Crippen LogP contribution in [0.5, 0.6) is 0 Å². The molecule has 0 spiro atoms. The van der Waals surface area contributed by atoms with Crippen molar-refractivity contribution in [3.05, 3.63) is 89.8 Å². The number of para-hydroxylation sites is 1. The van der Waals surface area contributed by atoms with E-state index in [9.17, 15) is 14.4 Å². The largest absolute Gasteiger partial charge is 0.331 e. The van der Waals surface area contributed by atoms with E-state index in [4.69, 9.17) is 0 Å². The van der Waals surface area contributed by atoms with Gasteiger partial charge < -0.3 is 0 Å². The Labute approximate surface area is 167 Å². The number of rotatable bonds is 5.